The Hall–Kier alpha value is -4.38. The van der Waals surface area contributed by atoms with Gasteiger partial charge in [0.25, 0.3) is 0 Å². The highest BCUT2D eigenvalue weighted by molar-refractivity contribution is 7.90. The number of amides is 1. The summed E-state index contributed by atoms with van der Waals surface area (Å²) in [6.45, 7) is 1.90. The third kappa shape index (κ3) is 7.38. The second-order valence-electron chi connectivity index (χ2n) is 9.50. The van der Waals surface area contributed by atoms with Crippen LogP contribution in [-0.2, 0) is 31.7 Å². The van der Waals surface area contributed by atoms with Crippen LogP contribution >= 0.6 is 0 Å². The predicted molar refractivity (Wildman–Crippen MR) is 150 cm³/mol. The smallest absolute Gasteiger partial charge is 0.327 e. The molecular formula is C29H31N5O5S. The highest BCUT2D eigenvalue weighted by Gasteiger charge is 2.34. The van der Waals surface area contributed by atoms with Gasteiger partial charge >= 0.3 is 5.97 Å². The Balaban J connectivity index is 1.59. The van der Waals surface area contributed by atoms with E-state index in [9.17, 15) is 23.1 Å². The van der Waals surface area contributed by atoms with Crippen molar-refractivity contribution < 1.29 is 23.1 Å². The van der Waals surface area contributed by atoms with Crippen molar-refractivity contribution in [1.82, 2.24) is 25.5 Å². The summed E-state index contributed by atoms with van der Waals surface area (Å²) in [6.07, 6.45) is 1.46. The number of hydrogen-bond acceptors (Lipinski definition) is 7. The van der Waals surface area contributed by atoms with E-state index in [1.807, 2.05) is 43.3 Å². The highest BCUT2D eigenvalue weighted by Crippen LogP contribution is 2.30. The summed E-state index contributed by atoms with van der Waals surface area (Å²) < 4.78 is 26.0. The van der Waals surface area contributed by atoms with Gasteiger partial charge in [-0.1, -0.05) is 92.2 Å². The number of tetrazole rings is 1. The zero-order valence-corrected chi connectivity index (χ0v) is 22.9. The highest BCUT2D eigenvalue weighted by atomic mass is 32.2. The van der Waals surface area contributed by atoms with E-state index < -0.39 is 33.5 Å². The molecule has 1 amide bonds. The summed E-state index contributed by atoms with van der Waals surface area (Å²) in [5, 5.41) is 24.3. The SMILES string of the molecule is CCCCC(=O)N(Cc1ccc(-c2ccccc2-c2nn[nH]n2)cc1)[C@@H](CS(=O)(=O)Cc1ccccc1)C(=O)O. The average Bonchev–Trinajstić information content (AvgIpc) is 3.49. The molecule has 0 unspecified atom stereocenters. The van der Waals surface area contributed by atoms with Crippen LogP contribution in [0.2, 0.25) is 0 Å². The zero-order chi connectivity index (χ0) is 28.5. The molecule has 0 radical (unpaired) electrons. The zero-order valence-electron chi connectivity index (χ0n) is 22.1. The number of hydrogen-bond donors (Lipinski definition) is 2. The number of carboxylic acids is 1. The minimum absolute atomic E-state index is 0.0346. The number of carbonyl (C=O) groups is 2. The molecule has 4 rings (SSSR count). The first-order chi connectivity index (χ1) is 19.3. The summed E-state index contributed by atoms with van der Waals surface area (Å²) in [6, 6.07) is 22.0. The largest absolute Gasteiger partial charge is 0.480 e. The van der Waals surface area contributed by atoms with E-state index in [2.05, 4.69) is 20.6 Å². The number of carboxylic acid groups (broad SMARTS) is 1. The lowest BCUT2D eigenvalue weighted by Crippen LogP contribution is -2.48. The monoisotopic (exact) mass is 561 g/mol. The number of unbranched alkanes of at least 4 members (excludes halogenated alkanes) is 1. The van der Waals surface area contributed by atoms with Crippen molar-refractivity contribution in [2.75, 3.05) is 5.75 Å². The molecule has 0 bridgehead atoms. The molecule has 0 spiro atoms. The summed E-state index contributed by atoms with van der Waals surface area (Å²) in [5.41, 5.74) is 3.77. The van der Waals surface area contributed by atoms with Gasteiger partial charge < -0.3 is 10.0 Å². The molecule has 0 aliphatic heterocycles. The molecule has 4 aromatic rings. The molecule has 0 saturated heterocycles. The number of H-pyrrole nitrogens is 1. The minimum atomic E-state index is -3.83. The van der Waals surface area contributed by atoms with Gasteiger partial charge in [-0.15, -0.1) is 10.2 Å². The van der Waals surface area contributed by atoms with Gasteiger partial charge in [-0.05, 0) is 33.9 Å². The van der Waals surface area contributed by atoms with Gasteiger partial charge in [0.15, 0.2) is 9.84 Å². The van der Waals surface area contributed by atoms with Crippen LogP contribution in [0.25, 0.3) is 22.5 Å². The topological polar surface area (TPSA) is 146 Å². The Morgan fingerprint density at radius 3 is 2.23 bits per heavy atom. The van der Waals surface area contributed by atoms with E-state index >= 15 is 0 Å². The number of benzene rings is 3. The van der Waals surface area contributed by atoms with Crippen molar-refractivity contribution in [3.63, 3.8) is 0 Å². The Morgan fingerprint density at radius 1 is 0.925 bits per heavy atom. The average molecular weight is 562 g/mol. The maximum Gasteiger partial charge on any atom is 0.327 e. The summed E-state index contributed by atoms with van der Waals surface area (Å²) in [7, 11) is -3.83. The summed E-state index contributed by atoms with van der Waals surface area (Å²) >= 11 is 0. The fourth-order valence-corrected chi connectivity index (χ4v) is 6.08. The first-order valence-electron chi connectivity index (χ1n) is 13.0. The van der Waals surface area contributed by atoms with Crippen molar-refractivity contribution in [2.45, 2.75) is 44.5 Å². The maximum absolute atomic E-state index is 13.2. The van der Waals surface area contributed by atoms with Crippen molar-refractivity contribution in [2.24, 2.45) is 0 Å². The molecule has 0 fully saturated rings. The van der Waals surface area contributed by atoms with Crippen LogP contribution in [0.5, 0.6) is 0 Å². The second kappa shape index (κ2) is 13.1. The van der Waals surface area contributed by atoms with Crippen LogP contribution in [0.3, 0.4) is 0 Å². The van der Waals surface area contributed by atoms with Crippen LogP contribution in [0.1, 0.15) is 37.3 Å². The number of sulfone groups is 1. The van der Waals surface area contributed by atoms with E-state index in [0.717, 1.165) is 23.1 Å². The van der Waals surface area contributed by atoms with Crippen LogP contribution in [-0.4, -0.2) is 62.7 Å². The summed E-state index contributed by atoms with van der Waals surface area (Å²) in [4.78, 5) is 26.7. The van der Waals surface area contributed by atoms with Crippen molar-refractivity contribution in [3.8, 4) is 22.5 Å². The standard InChI is InChI=1S/C29H31N5O5S/c1-2-3-13-27(35)34(26(29(36)37)20-40(38,39)19-22-9-5-4-6-10-22)18-21-14-16-23(17-15-21)24-11-7-8-12-25(24)28-30-32-33-31-28/h4-12,14-17,26H,2-3,13,18-20H2,1H3,(H,36,37)(H,30,31,32,33)/t26-/m0/s1. The molecule has 1 heterocycles. The van der Waals surface area contributed by atoms with E-state index in [4.69, 9.17) is 0 Å². The van der Waals surface area contributed by atoms with Crippen LogP contribution in [0.4, 0.5) is 0 Å². The number of aromatic nitrogens is 4. The Kier molecular flexibility index (Phi) is 9.39. The number of nitrogens with one attached hydrogen (secondary N) is 1. The van der Waals surface area contributed by atoms with E-state index in [-0.39, 0.29) is 18.7 Å². The Labute approximate surface area is 233 Å². The molecule has 0 aliphatic rings. The number of aliphatic carboxylic acids is 1. The first kappa shape index (κ1) is 28.6. The molecule has 10 nitrogen and oxygen atoms in total. The second-order valence-corrected chi connectivity index (χ2v) is 11.6. The third-order valence-corrected chi connectivity index (χ3v) is 8.09. The molecule has 1 atom stereocenters. The van der Waals surface area contributed by atoms with Crippen molar-refractivity contribution in [1.29, 1.82) is 0 Å². The Bertz CT molecular complexity index is 1520. The van der Waals surface area contributed by atoms with E-state index in [1.165, 1.54) is 4.90 Å². The lowest BCUT2D eigenvalue weighted by molar-refractivity contribution is -0.149. The van der Waals surface area contributed by atoms with Gasteiger partial charge in [-0.3, -0.25) is 4.79 Å². The van der Waals surface area contributed by atoms with Crippen LogP contribution in [0, 0.1) is 0 Å². The Morgan fingerprint density at radius 2 is 1.60 bits per heavy atom. The number of rotatable bonds is 13. The molecule has 11 heteroatoms. The van der Waals surface area contributed by atoms with E-state index in [1.54, 1.807) is 42.5 Å². The van der Waals surface area contributed by atoms with Gasteiger partial charge in [0.2, 0.25) is 11.7 Å². The number of carbonyl (C=O) groups excluding carboxylic acids is 1. The maximum atomic E-state index is 13.2. The molecule has 40 heavy (non-hydrogen) atoms. The van der Waals surface area contributed by atoms with Crippen LogP contribution < -0.4 is 0 Å². The van der Waals surface area contributed by atoms with E-state index in [0.29, 0.717) is 23.4 Å². The van der Waals surface area contributed by atoms with Crippen molar-refractivity contribution in [3.05, 3.63) is 90.0 Å². The van der Waals surface area contributed by atoms with Crippen LogP contribution in [0.15, 0.2) is 78.9 Å². The fraction of sp³-hybridized carbons (Fsp3) is 0.276. The van der Waals surface area contributed by atoms with Gasteiger partial charge in [0.1, 0.15) is 6.04 Å². The molecule has 0 aliphatic carbocycles. The molecular weight excluding hydrogens is 530 g/mol. The van der Waals surface area contributed by atoms with Gasteiger partial charge in [-0.2, -0.15) is 5.21 Å². The number of nitrogens with zero attached hydrogens (tertiary/aromatic N) is 4. The van der Waals surface area contributed by atoms with Crippen molar-refractivity contribution >= 4 is 21.7 Å². The molecule has 1 aromatic heterocycles. The third-order valence-electron chi connectivity index (χ3n) is 6.50. The summed E-state index contributed by atoms with van der Waals surface area (Å²) in [5.74, 6) is -2.27. The predicted octanol–water partition coefficient (Wildman–Crippen LogP) is 4.12. The molecule has 2 N–H and O–H groups in total. The van der Waals surface area contributed by atoms with Gasteiger partial charge in [0.05, 0.1) is 11.5 Å². The van der Waals surface area contributed by atoms with Gasteiger partial charge in [-0.25, -0.2) is 13.2 Å². The quantitative estimate of drug-likeness (QED) is 0.248. The number of aromatic amines is 1. The minimum Gasteiger partial charge on any atom is -0.480 e. The molecule has 3 aromatic carbocycles. The fourth-order valence-electron chi connectivity index (χ4n) is 4.46. The molecule has 208 valence electrons. The first-order valence-corrected chi connectivity index (χ1v) is 14.8. The normalized spacial score (nSPS) is 12.1. The van der Waals surface area contributed by atoms with Gasteiger partial charge in [0, 0.05) is 18.5 Å². The lowest BCUT2D eigenvalue weighted by Gasteiger charge is -2.29. The molecule has 0 saturated carbocycles. The lowest BCUT2D eigenvalue weighted by atomic mass is 9.98.